The monoisotopic (exact) mass is 218 g/mol. The second-order valence-electron chi connectivity index (χ2n) is 2.91. The molecule has 0 aliphatic heterocycles. The zero-order valence-electron chi connectivity index (χ0n) is 8.69. The Morgan fingerprint density at radius 2 is 2.19 bits per heavy atom. The first-order chi connectivity index (χ1) is 7.81. The first kappa shape index (κ1) is 11.7. The molecule has 0 N–H and O–H groups in total. The summed E-state index contributed by atoms with van der Waals surface area (Å²) in [6.07, 6.45) is 0. The summed E-state index contributed by atoms with van der Waals surface area (Å²) < 4.78 is 5.05. The van der Waals surface area contributed by atoms with Gasteiger partial charge in [0.05, 0.1) is 13.2 Å². The lowest BCUT2D eigenvalue weighted by molar-refractivity contribution is 0.414. The van der Waals surface area contributed by atoms with Crippen molar-refractivity contribution in [3.63, 3.8) is 0 Å². The maximum atomic E-state index is 8.42. The van der Waals surface area contributed by atoms with Crippen LogP contribution in [0.25, 0.3) is 20.9 Å². The molecule has 0 bridgehead atoms. The molecule has 16 heavy (non-hydrogen) atoms. The average molecular weight is 218 g/mol. The van der Waals surface area contributed by atoms with Crippen molar-refractivity contribution in [2.45, 2.75) is 6.04 Å². The van der Waals surface area contributed by atoms with Crippen LogP contribution in [-0.4, -0.2) is 13.7 Å². The summed E-state index contributed by atoms with van der Waals surface area (Å²) in [6.45, 7) is 0.0910. The third kappa shape index (κ3) is 3.09. The van der Waals surface area contributed by atoms with Crippen LogP contribution < -0.4 is 4.74 Å². The molecule has 0 amide bonds. The smallest absolute Gasteiger partial charge is 0.119 e. The van der Waals surface area contributed by atoms with E-state index in [0.717, 1.165) is 5.56 Å². The predicted molar refractivity (Wildman–Crippen MR) is 58.9 cm³/mol. The highest BCUT2D eigenvalue weighted by atomic mass is 16.5. The Balaban J connectivity index is 2.99. The molecule has 0 radical (unpaired) electrons. The molecule has 0 spiro atoms. The molecule has 0 saturated heterocycles. The Hall–Kier alpha value is -2.36. The minimum Gasteiger partial charge on any atom is -0.497 e. The molecule has 0 saturated carbocycles. The summed E-state index contributed by atoms with van der Waals surface area (Å²) in [7, 11) is 1.55. The minimum absolute atomic E-state index is 0.0910. The number of ether oxygens (including phenoxy) is 1. The normalized spacial score (nSPS) is 10.8. The lowest BCUT2D eigenvalue weighted by Gasteiger charge is -2.09. The Bertz CT molecular complexity index is 447. The summed E-state index contributed by atoms with van der Waals surface area (Å²) in [5, 5.41) is 6.96. The molecule has 1 aromatic rings. The Morgan fingerprint density at radius 3 is 2.81 bits per heavy atom. The number of rotatable bonds is 5. The maximum absolute atomic E-state index is 8.42. The van der Waals surface area contributed by atoms with Crippen molar-refractivity contribution in [1.29, 1.82) is 0 Å². The molecule has 0 heterocycles. The van der Waals surface area contributed by atoms with E-state index in [9.17, 15) is 0 Å². The molecular weight excluding hydrogens is 208 g/mol. The van der Waals surface area contributed by atoms with Crippen molar-refractivity contribution in [3.05, 3.63) is 50.7 Å². The lowest BCUT2D eigenvalue weighted by Crippen LogP contribution is -1.98. The molecule has 82 valence electrons. The van der Waals surface area contributed by atoms with Gasteiger partial charge in [0.2, 0.25) is 0 Å². The van der Waals surface area contributed by atoms with Gasteiger partial charge in [0, 0.05) is 16.4 Å². The van der Waals surface area contributed by atoms with Gasteiger partial charge in [-0.1, -0.05) is 22.4 Å². The van der Waals surface area contributed by atoms with Gasteiger partial charge in [0.25, 0.3) is 0 Å². The molecule has 1 rings (SSSR count). The van der Waals surface area contributed by atoms with Gasteiger partial charge in [-0.15, -0.1) is 0 Å². The van der Waals surface area contributed by atoms with Gasteiger partial charge in [-0.25, -0.2) is 0 Å². The van der Waals surface area contributed by atoms with E-state index in [1.165, 1.54) is 0 Å². The van der Waals surface area contributed by atoms with Gasteiger partial charge >= 0.3 is 0 Å². The van der Waals surface area contributed by atoms with E-state index in [0.29, 0.717) is 5.75 Å². The van der Waals surface area contributed by atoms with Crippen LogP contribution in [0.5, 0.6) is 5.75 Å². The molecular formula is C9H10N6O. The lowest BCUT2D eigenvalue weighted by atomic mass is 10.1. The second kappa shape index (κ2) is 6.19. The summed E-state index contributed by atoms with van der Waals surface area (Å²) in [5.41, 5.74) is 17.4. The first-order valence-electron chi connectivity index (χ1n) is 4.51. The third-order valence-electron chi connectivity index (χ3n) is 1.99. The topological polar surface area (TPSA) is 107 Å². The molecule has 1 atom stereocenters. The number of hydrogen-bond donors (Lipinski definition) is 0. The molecule has 1 aromatic carbocycles. The van der Waals surface area contributed by atoms with Gasteiger partial charge in [-0.2, -0.15) is 0 Å². The molecule has 0 aromatic heterocycles. The molecule has 1 unspecified atom stereocenters. The molecule has 0 fully saturated rings. The van der Waals surface area contributed by atoms with E-state index < -0.39 is 6.04 Å². The highest BCUT2D eigenvalue weighted by molar-refractivity contribution is 5.30. The van der Waals surface area contributed by atoms with E-state index >= 15 is 0 Å². The first-order valence-corrected chi connectivity index (χ1v) is 4.51. The average Bonchev–Trinajstić information content (AvgIpc) is 2.34. The highest BCUT2D eigenvalue weighted by Crippen LogP contribution is 2.22. The molecule has 0 aliphatic rings. The van der Waals surface area contributed by atoms with Crippen molar-refractivity contribution in [2.75, 3.05) is 13.7 Å². The van der Waals surface area contributed by atoms with E-state index in [-0.39, 0.29) is 6.54 Å². The number of methoxy groups -OCH3 is 1. The van der Waals surface area contributed by atoms with E-state index in [1.807, 2.05) is 0 Å². The molecule has 7 heteroatoms. The Morgan fingerprint density at radius 1 is 1.38 bits per heavy atom. The summed E-state index contributed by atoms with van der Waals surface area (Å²) in [5.74, 6) is 0.663. The zero-order valence-corrected chi connectivity index (χ0v) is 8.69. The van der Waals surface area contributed by atoms with Crippen LogP contribution in [0.15, 0.2) is 34.5 Å². The predicted octanol–water partition coefficient (Wildman–Crippen LogP) is 3.36. The fourth-order valence-electron chi connectivity index (χ4n) is 1.23. The van der Waals surface area contributed by atoms with Crippen LogP contribution >= 0.6 is 0 Å². The highest BCUT2D eigenvalue weighted by Gasteiger charge is 2.08. The van der Waals surface area contributed by atoms with Gasteiger partial charge < -0.3 is 4.74 Å². The summed E-state index contributed by atoms with van der Waals surface area (Å²) in [4.78, 5) is 5.36. The SMILES string of the molecule is COc1cccc(C(CN=[N+]=[N-])N=[N+]=[N-])c1. The van der Waals surface area contributed by atoms with Crippen molar-refractivity contribution < 1.29 is 4.74 Å². The van der Waals surface area contributed by atoms with Gasteiger partial charge in [-0.05, 0) is 28.8 Å². The van der Waals surface area contributed by atoms with Gasteiger partial charge in [0.15, 0.2) is 0 Å². The summed E-state index contributed by atoms with van der Waals surface area (Å²) >= 11 is 0. The van der Waals surface area contributed by atoms with Crippen LogP contribution in [0.4, 0.5) is 0 Å². The molecule has 7 nitrogen and oxygen atoms in total. The van der Waals surface area contributed by atoms with Crippen molar-refractivity contribution in [1.82, 2.24) is 0 Å². The largest absolute Gasteiger partial charge is 0.497 e. The summed E-state index contributed by atoms with van der Waals surface area (Å²) in [6, 6.07) is 6.59. The number of nitrogens with zero attached hydrogens (tertiary/aromatic N) is 6. The fraction of sp³-hybridized carbons (Fsp3) is 0.333. The fourth-order valence-corrected chi connectivity index (χ4v) is 1.23. The Labute approximate surface area is 91.9 Å². The quantitative estimate of drug-likeness (QED) is 0.421. The number of benzene rings is 1. The molecule has 0 aliphatic carbocycles. The van der Waals surface area contributed by atoms with E-state index in [4.69, 9.17) is 15.8 Å². The van der Waals surface area contributed by atoms with Crippen LogP contribution in [0.2, 0.25) is 0 Å². The second-order valence-corrected chi connectivity index (χ2v) is 2.91. The van der Waals surface area contributed by atoms with E-state index in [2.05, 4.69) is 20.1 Å². The maximum Gasteiger partial charge on any atom is 0.119 e. The van der Waals surface area contributed by atoms with Crippen LogP contribution in [0, 0.1) is 0 Å². The van der Waals surface area contributed by atoms with Crippen LogP contribution in [0.1, 0.15) is 11.6 Å². The van der Waals surface area contributed by atoms with E-state index in [1.54, 1.807) is 31.4 Å². The van der Waals surface area contributed by atoms with Crippen molar-refractivity contribution in [3.8, 4) is 5.75 Å². The third-order valence-corrected chi connectivity index (χ3v) is 1.99. The van der Waals surface area contributed by atoms with Gasteiger partial charge in [0.1, 0.15) is 5.75 Å². The zero-order chi connectivity index (χ0) is 11.8. The van der Waals surface area contributed by atoms with Crippen molar-refractivity contribution >= 4 is 0 Å². The van der Waals surface area contributed by atoms with Gasteiger partial charge in [-0.3, -0.25) is 0 Å². The number of azide groups is 2. The Kier molecular flexibility index (Phi) is 4.53. The number of hydrogen-bond acceptors (Lipinski definition) is 3. The standard InChI is InChI=1S/C9H10N6O/c1-16-8-4-2-3-7(5-8)9(13-15-11)6-12-14-10/h2-5,9H,6H2,1H3. The van der Waals surface area contributed by atoms with Crippen LogP contribution in [-0.2, 0) is 0 Å². The minimum atomic E-state index is -0.504. The van der Waals surface area contributed by atoms with Crippen molar-refractivity contribution in [2.24, 2.45) is 10.2 Å². The van der Waals surface area contributed by atoms with Crippen LogP contribution in [0.3, 0.4) is 0 Å².